The van der Waals surface area contributed by atoms with Crippen LogP contribution in [0.25, 0.3) is 0 Å². The molecule has 1 aromatic carbocycles. The highest BCUT2D eigenvalue weighted by Crippen LogP contribution is 2.38. The van der Waals surface area contributed by atoms with Gasteiger partial charge in [0.05, 0.1) is 5.56 Å². The lowest BCUT2D eigenvalue weighted by Gasteiger charge is -2.08. The third-order valence-corrected chi connectivity index (χ3v) is 2.93. The van der Waals surface area contributed by atoms with Crippen LogP contribution in [0.4, 0.5) is 18.9 Å². The summed E-state index contributed by atoms with van der Waals surface area (Å²) in [6.07, 6.45) is -3.49. The molecule has 1 aliphatic carbocycles. The highest BCUT2D eigenvalue weighted by Gasteiger charge is 2.39. The van der Waals surface area contributed by atoms with Crippen LogP contribution in [0.2, 0.25) is 0 Å². The van der Waals surface area contributed by atoms with Crippen LogP contribution in [0.15, 0.2) is 24.3 Å². The molecule has 0 radical (unpaired) electrons. The molecule has 17 heavy (non-hydrogen) atoms. The van der Waals surface area contributed by atoms with Gasteiger partial charge in [0.25, 0.3) is 0 Å². The maximum absolute atomic E-state index is 12.3. The number of rotatable bonds is 2. The van der Waals surface area contributed by atoms with E-state index in [1.807, 2.05) is 6.92 Å². The number of nitrogens with one attached hydrogen (secondary N) is 1. The van der Waals surface area contributed by atoms with Crippen molar-refractivity contribution in [2.24, 2.45) is 11.8 Å². The standard InChI is InChI=1S/C12H12F3NO/c1-7-6-10(7)11(17)16-9-4-2-8(3-5-9)12(13,14)15/h2-5,7,10H,6H2,1H3,(H,16,17)/t7-,10-/m0/s1. The van der Waals surface area contributed by atoms with Gasteiger partial charge in [-0.15, -0.1) is 0 Å². The summed E-state index contributed by atoms with van der Waals surface area (Å²) in [6.45, 7) is 1.97. The van der Waals surface area contributed by atoms with Gasteiger partial charge in [0.15, 0.2) is 0 Å². The zero-order valence-corrected chi connectivity index (χ0v) is 9.21. The molecule has 92 valence electrons. The smallest absolute Gasteiger partial charge is 0.326 e. The zero-order valence-electron chi connectivity index (χ0n) is 9.21. The van der Waals surface area contributed by atoms with Gasteiger partial charge in [-0.05, 0) is 36.6 Å². The van der Waals surface area contributed by atoms with Crippen molar-refractivity contribution in [3.63, 3.8) is 0 Å². The number of alkyl halides is 3. The summed E-state index contributed by atoms with van der Waals surface area (Å²) in [5.41, 5.74) is -0.308. The van der Waals surface area contributed by atoms with Gasteiger partial charge in [-0.2, -0.15) is 13.2 Å². The van der Waals surface area contributed by atoms with Crippen LogP contribution in [-0.2, 0) is 11.0 Å². The summed E-state index contributed by atoms with van der Waals surface area (Å²) in [6, 6.07) is 4.47. The first-order valence-electron chi connectivity index (χ1n) is 5.36. The maximum Gasteiger partial charge on any atom is 0.416 e. The molecule has 1 aliphatic rings. The Balaban J connectivity index is 2.01. The van der Waals surface area contributed by atoms with Crippen molar-refractivity contribution in [2.75, 3.05) is 5.32 Å². The van der Waals surface area contributed by atoms with Gasteiger partial charge in [-0.1, -0.05) is 6.92 Å². The average molecular weight is 243 g/mol. The predicted octanol–water partition coefficient (Wildman–Crippen LogP) is 3.30. The van der Waals surface area contributed by atoms with Crippen LogP contribution in [0.3, 0.4) is 0 Å². The Kier molecular flexibility index (Phi) is 2.85. The third kappa shape index (κ3) is 2.78. The minimum absolute atomic E-state index is 0.0114. The lowest BCUT2D eigenvalue weighted by molar-refractivity contribution is -0.137. The molecule has 0 bridgehead atoms. The highest BCUT2D eigenvalue weighted by molar-refractivity contribution is 5.94. The van der Waals surface area contributed by atoms with Crippen molar-refractivity contribution < 1.29 is 18.0 Å². The summed E-state index contributed by atoms with van der Waals surface area (Å²) in [5, 5.41) is 2.61. The number of hydrogen-bond donors (Lipinski definition) is 1. The number of halogens is 3. The largest absolute Gasteiger partial charge is 0.416 e. The minimum atomic E-state index is -4.34. The Hall–Kier alpha value is -1.52. The normalized spacial score (nSPS) is 23.3. The first kappa shape index (κ1) is 12.0. The second-order valence-corrected chi connectivity index (χ2v) is 4.38. The molecule has 2 nitrogen and oxygen atoms in total. The predicted molar refractivity (Wildman–Crippen MR) is 57.3 cm³/mol. The van der Waals surface area contributed by atoms with Crippen LogP contribution in [0.5, 0.6) is 0 Å². The molecule has 0 aromatic heterocycles. The van der Waals surface area contributed by atoms with E-state index in [4.69, 9.17) is 0 Å². The first-order valence-corrected chi connectivity index (χ1v) is 5.36. The minimum Gasteiger partial charge on any atom is -0.326 e. The molecule has 1 aromatic rings. The molecule has 2 rings (SSSR count). The van der Waals surface area contributed by atoms with Gasteiger partial charge in [0.2, 0.25) is 5.91 Å². The van der Waals surface area contributed by atoms with Gasteiger partial charge in [0, 0.05) is 11.6 Å². The van der Waals surface area contributed by atoms with Crippen LogP contribution < -0.4 is 5.32 Å². The van der Waals surface area contributed by atoms with Crippen LogP contribution in [0.1, 0.15) is 18.9 Å². The number of hydrogen-bond acceptors (Lipinski definition) is 1. The molecule has 0 saturated heterocycles. The number of anilines is 1. The van der Waals surface area contributed by atoms with E-state index in [1.54, 1.807) is 0 Å². The van der Waals surface area contributed by atoms with E-state index in [0.29, 0.717) is 11.6 Å². The molecule has 5 heteroatoms. The van der Waals surface area contributed by atoms with Gasteiger partial charge < -0.3 is 5.32 Å². The maximum atomic E-state index is 12.3. The molecule has 0 aliphatic heterocycles. The van der Waals surface area contributed by atoms with Crippen LogP contribution >= 0.6 is 0 Å². The van der Waals surface area contributed by atoms with Crippen molar-refractivity contribution in [1.29, 1.82) is 0 Å². The number of carbonyl (C=O) groups excluding carboxylic acids is 1. The SMILES string of the molecule is C[C@H]1C[C@@H]1C(=O)Nc1ccc(C(F)(F)F)cc1. The van der Waals surface area contributed by atoms with E-state index in [9.17, 15) is 18.0 Å². The van der Waals surface area contributed by atoms with Crippen molar-refractivity contribution in [2.45, 2.75) is 19.5 Å². The van der Waals surface area contributed by atoms with E-state index >= 15 is 0 Å². The summed E-state index contributed by atoms with van der Waals surface area (Å²) < 4.78 is 36.9. The van der Waals surface area contributed by atoms with E-state index in [2.05, 4.69) is 5.32 Å². The van der Waals surface area contributed by atoms with Crippen molar-refractivity contribution >= 4 is 11.6 Å². The second kappa shape index (κ2) is 4.05. The van der Waals surface area contributed by atoms with E-state index in [1.165, 1.54) is 12.1 Å². The number of amides is 1. The Labute approximate surface area is 96.8 Å². The van der Waals surface area contributed by atoms with Gasteiger partial charge in [0.1, 0.15) is 0 Å². The Morgan fingerprint density at radius 1 is 1.29 bits per heavy atom. The van der Waals surface area contributed by atoms with E-state index in [0.717, 1.165) is 18.6 Å². The molecule has 0 unspecified atom stereocenters. The zero-order chi connectivity index (χ0) is 12.6. The number of benzene rings is 1. The molecule has 0 spiro atoms. The molecule has 0 heterocycles. The monoisotopic (exact) mass is 243 g/mol. The van der Waals surface area contributed by atoms with Crippen molar-refractivity contribution in [3.8, 4) is 0 Å². The molecule has 1 N–H and O–H groups in total. The molecule has 1 fully saturated rings. The van der Waals surface area contributed by atoms with Gasteiger partial charge >= 0.3 is 6.18 Å². The average Bonchev–Trinajstić information content (AvgIpc) is 2.95. The first-order chi connectivity index (χ1) is 7.88. The Morgan fingerprint density at radius 2 is 1.82 bits per heavy atom. The third-order valence-electron chi connectivity index (χ3n) is 2.93. The molecular weight excluding hydrogens is 231 g/mol. The lowest BCUT2D eigenvalue weighted by atomic mass is 10.2. The lowest BCUT2D eigenvalue weighted by Crippen LogP contribution is -2.14. The van der Waals surface area contributed by atoms with E-state index < -0.39 is 11.7 Å². The molecular formula is C12H12F3NO. The van der Waals surface area contributed by atoms with Crippen molar-refractivity contribution in [3.05, 3.63) is 29.8 Å². The van der Waals surface area contributed by atoms with Crippen molar-refractivity contribution in [1.82, 2.24) is 0 Å². The number of carbonyl (C=O) groups is 1. The Morgan fingerprint density at radius 3 is 2.24 bits per heavy atom. The fourth-order valence-electron chi connectivity index (χ4n) is 1.66. The van der Waals surface area contributed by atoms with Gasteiger partial charge in [-0.3, -0.25) is 4.79 Å². The molecule has 1 amide bonds. The van der Waals surface area contributed by atoms with Crippen LogP contribution in [-0.4, -0.2) is 5.91 Å². The summed E-state index contributed by atoms with van der Waals surface area (Å²) >= 11 is 0. The molecule has 2 atom stereocenters. The highest BCUT2D eigenvalue weighted by atomic mass is 19.4. The quantitative estimate of drug-likeness (QED) is 0.848. The fourth-order valence-corrected chi connectivity index (χ4v) is 1.66. The molecule has 1 saturated carbocycles. The topological polar surface area (TPSA) is 29.1 Å². The summed E-state index contributed by atoms with van der Waals surface area (Å²) in [4.78, 5) is 11.5. The second-order valence-electron chi connectivity index (χ2n) is 4.38. The fraction of sp³-hybridized carbons (Fsp3) is 0.417. The summed E-state index contributed by atoms with van der Waals surface area (Å²) in [5.74, 6) is 0.277. The Bertz CT molecular complexity index is 424. The van der Waals surface area contributed by atoms with Gasteiger partial charge in [-0.25, -0.2) is 0 Å². The summed E-state index contributed by atoms with van der Waals surface area (Å²) in [7, 11) is 0. The van der Waals surface area contributed by atoms with E-state index in [-0.39, 0.29) is 11.8 Å². The van der Waals surface area contributed by atoms with Crippen LogP contribution in [0, 0.1) is 11.8 Å².